The van der Waals surface area contributed by atoms with Crippen molar-refractivity contribution in [2.45, 2.75) is 0 Å². The SMILES string of the molecule is O=C(O)c1coc2cc(-c3cncnc3)ccc12. The van der Waals surface area contributed by atoms with Crippen molar-refractivity contribution in [3.63, 3.8) is 0 Å². The predicted octanol–water partition coefficient (Wildman–Crippen LogP) is 2.59. The van der Waals surface area contributed by atoms with E-state index in [4.69, 9.17) is 9.52 Å². The molecule has 0 atom stereocenters. The van der Waals surface area contributed by atoms with Gasteiger partial charge in [-0.05, 0) is 17.7 Å². The minimum Gasteiger partial charge on any atom is -0.478 e. The highest BCUT2D eigenvalue weighted by Crippen LogP contribution is 2.26. The summed E-state index contributed by atoms with van der Waals surface area (Å²) in [7, 11) is 0. The quantitative estimate of drug-likeness (QED) is 0.745. The van der Waals surface area contributed by atoms with Crippen molar-refractivity contribution >= 4 is 16.9 Å². The van der Waals surface area contributed by atoms with Gasteiger partial charge in [-0.2, -0.15) is 0 Å². The number of hydrogen-bond donors (Lipinski definition) is 1. The normalized spacial score (nSPS) is 10.7. The Morgan fingerprint density at radius 2 is 1.94 bits per heavy atom. The van der Waals surface area contributed by atoms with Gasteiger partial charge in [0.1, 0.15) is 23.7 Å². The summed E-state index contributed by atoms with van der Waals surface area (Å²) in [4.78, 5) is 18.8. The second kappa shape index (κ2) is 3.96. The number of aromatic nitrogens is 2. The molecule has 18 heavy (non-hydrogen) atoms. The first-order chi connectivity index (χ1) is 8.75. The Labute approximate surface area is 102 Å². The summed E-state index contributed by atoms with van der Waals surface area (Å²) in [6.45, 7) is 0. The third kappa shape index (κ3) is 1.62. The van der Waals surface area contributed by atoms with Gasteiger partial charge in [0.2, 0.25) is 0 Å². The van der Waals surface area contributed by atoms with Crippen LogP contribution in [0.15, 0.2) is 47.6 Å². The second-order valence-electron chi connectivity index (χ2n) is 3.79. The van der Waals surface area contributed by atoms with E-state index < -0.39 is 5.97 Å². The van der Waals surface area contributed by atoms with Crippen molar-refractivity contribution in [3.05, 3.63) is 48.7 Å². The molecule has 0 saturated carbocycles. The molecule has 2 heterocycles. The average molecular weight is 240 g/mol. The molecule has 5 heteroatoms. The molecule has 1 aromatic carbocycles. The Balaban J connectivity index is 2.16. The lowest BCUT2D eigenvalue weighted by Crippen LogP contribution is -1.93. The van der Waals surface area contributed by atoms with Gasteiger partial charge < -0.3 is 9.52 Å². The highest BCUT2D eigenvalue weighted by molar-refractivity contribution is 6.02. The van der Waals surface area contributed by atoms with E-state index in [1.54, 1.807) is 24.5 Å². The summed E-state index contributed by atoms with van der Waals surface area (Å²) < 4.78 is 5.25. The molecule has 88 valence electrons. The summed E-state index contributed by atoms with van der Waals surface area (Å²) in [5.41, 5.74) is 2.44. The van der Waals surface area contributed by atoms with E-state index in [0.29, 0.717) is 11.0 Å². The van der Waals surface area contributed by atoms with Crippen LogP contribution >= 0.6 is 0 Å². The lowest BCUT2D eigenvalue weighted by atomic mass is 10.1. The lowest BCUT2D eigenvalue weighted by molar-refractivity contribution is 0.0698. The summed E-state index contributed by atoms with van der Waals surface area (Å²) >= 11 is 0. The number of nitrogens with zero attached hydrogens (tertiary/aromatic N) is 2. The van der Waals surface area contributed by atoms with Crippen LogP contribution in [0.2, 0.25) is 0 Å². The molecule has 0 radical (unpaired) electrons. The molecule has 0 amide bonds. The second-order valence-corrected chi connectivity index (χ2v) is 3.79. The minimum atomic E-state index is -0.996. The smallest absolute Gasteiger partial charge is 0.339 e. The molecule has 0 aliphatic carbocycles. The first-order valence-electron chi connectivity index (χ1n) is 5.25. The van der Waals surface area contributed by atoms with E-state index in [0.717, 1.165) is 11.1 Å². The number of rotatable bonds is 2. The molecule has 0 saturated heterocycles. The zero-order valence-corrected chi connectivity index (χ0v) is 9.20. The Morgan fingerprint density at radius 1 is 1.17 bits per heavy atom. The van der Waals surface area contributed by atoms with Gasteiger partial charge in [-0.15, -0.1) is 0 Å². The molecular formula is C13H8N2O3. The van der Waals surface area contributed by atoms with Crippen LogP contribution in [-0.4, -0.2) is 21.0 Å². The predicted molar refractivity (Wildman–Crippen MR) is 64.2 cm³/mol. The van der Waals surface area contributed by atoms with Crippen LogP contribution < -0.4 is 0 Å². The van der Waals surface area contributed by atoms with Gasteiger partial charge in [0.25, 0.3) is 0 Å². The number of benzene rings is 1. The number of carbonyl (C=O) groups is 1. The van der Waals surface area contributed by atoms with Crippen molar-refractivity contribution < 1.29 is 14.3 Å². The molecule has 5 nitrogen and oxygen atoms in total. The first-order valence-corrected chi connectivity index (χ1v) is 5.25. The van der Waals surface area contributed by atoms with E-state index in [-0.39, 0.29) is 5.56 Å². The number of carboxylic acids is 1. The maximum Gasteiger partial charge on any atom is 0.339 e. The van der Waals surface area contributed by atoms with Crippen LogP contribution in [-0.2, 0) is 0 Å². The van der Waals surface area contributed by atoms with E-state index >= 15 is 0 Å². The van der Waals surface area contributed by atoms with Crippen molar-refractivity contribution in [3.8, 4) is 11.1 Å². The molecule has 0 aliphatic heterocycles. The highest BCUT2D eigenvalue weighted by atomic mass is 16.4. The third-order valence-corrected chi connectivity index (χ3v) is 2.70. The fraction of sp³-hybridized carbons (Fsp3) is 0. The first kappa shape index (κ1) is 10.5. The Morgan fingerprint density at radius 3 is 2.67 bits per heavy atom. The van der Waals surface area contributed by atoms with E-state index in [2.05, 4.69) is 9.97 Å². The van der Waals surface area contributed by atoms with Crippen molar-refractivity contribution in [2.24, 2.45) is 0 Å². The molecule has 1 N–H and O–H groups in total. The Kier molecular flexibility index (Phi) is 2.30. The zero-order chi connectivity index (χ0) is 12.5. The van der Waals surface area contributed by atoms with Gasteiger partial charge in [0.15, 0.2) is 0 Å². The number of carboxylic acid groups (broad SMARTS) is 1. The van der Waals surface area contributed by atoms with E-state index in [1.807, 2.05) is 6.07 Å². The summed E-state index contributed by atoms with van der Waals surface area (Å²) in [6, 6.07) is 5.33. The number of hydrogen-bond acceptors (Lipinski definition) is 4. The lowest BCUT2D eigenvalue weighted by Gasteiger charge is -1.99. The van der Waals surface area contributed by atoms with Gasteiger partial charge in [0, 0.05) is 23.3 Å². The summed E-state index contributed by atoms with van der Waals surface area (Å²) in [6.07, 6.45) is 6.08. The largest absolute Gasteiger partial charge is 0.478 e. The van der Waals surface area contributed by atoms with Gasteiger partial charge in [0.05, 0.1) is 0 Å². The van der Waals surface area contributed by atoms with Crippen LogP contribution in [0.5, 0.6) is 0 Å². The zero-order valence-electron chi connectivity index (χ0n) is 9.20. The maximum absolute atomic E-state index is 11.0. The van der Waals surface area contributed by atoms with Crippen LogP contribution in [0.4, 0.5) is 0 Å². The van der Waals surface area contributed by atoms with Crippen LogP contribution in [0.3, 0.4) is 0 Å². The molecule has 2 aromatic heterocycles. The van der Waals surface area contributed by atoms with Crippen LogP contribution in [0.1, 0.15) is 10.4 Å². The summed E-state index contributed by atoms with van der Waals surface area (Å²) in [5.74, 6) is -0.996. The van der Waals surface area contributed by atoms with Crippen molar-refractivity contribution in [1.29, 1.82) is 0 Å². The highest BCUT2D eigenvalue weighted by Gasteiger charge is 2.12. The molecule has 0 bridgehead atoms. The number of furan rings is 1. The fourth-order valence-corrected chi connectivity index (χ4v) is 1.82. The van der Waals surface area contributed by atoms with Crippen LogP contribution in [0, 0.1) is 0 Å². The number of aromatic carboxylic acids is 1. The average Bonchev–Trinajstić information content (AvgIpc) is 2.82. The molecule has 0 aliphatic rings. The van der Waals surface area contributed by atoms with E-state index in [9.17, 15) is 4.79 Å². The molecular weight excluding hydrogens is 232 g/mol. The summed E-state index contributed by atoms with van der Waals surface area (Å²) in [5, 5.41) is 9.56. The molecule has 0 fully saturated rings. The molecule has 3 aromatic rings. The topological polar surface area (TPSA) is 76.2 Å². The maximum atomic E-state index is 11.0. The molecule has 0 spiro atoms. The monoisotopic (exact) mass is 240 g/mol. The van der Waals surface area contributed by atoms with Gasteiger partial charge in [-0.3, -0.25) is 0 Å². The Bertz CT molecular complexity index is 719. The Hall–Kier alpha value is -2.69. The van der Waals surface area contributed by atoms with Gasteiger partial charge >= 0.3 is 5.97 Å². The van der Waals surface area contributed by atoms with Gasteiger partial charge in [-0.1, -0.05) is 6.07 Å². The molecule has 3 rings (SSSR count). The van der Waals surface area contributed by atoms with Crippen molar-refractivity contribution in [1.82, 2.24) is 9.97 Å². The van der Waals surface area contributed by atoms with E-state index in [1.165, 1.54) is 12.6 Å². The minimum absolute atomic E-state index is 0.167. The molecule has 0 unspecified atom stereocenters. The standard InChI is InChI=1S/C13H8N2O3/c16-13(17)11-6-18-12-3-8(1-2-10(11)12)9-4-14-7-15-5-9/h1-7H,(H,16,17). The van der Waals surface area contributed by atoms with Gasteiger partial charge in [-0.25, -0.2) is 14.8 Å². The fourth-order valence-electron chi connectivity index (χ4n) is 1.82. The van der Waals surface area contributed by atoms with Crippen molar-refractivity contribution in [2.75, 3.05) is 0 Å². The third-order valence-electron chi connectivity index (χ3n) is 2.70. The number of fused-ring (bicyclic) bond motifs is 1. The van der Waals surface area contributed by atoms with Crippen LogP contribution in [0.25, 0.3) is 22.1 Å².